The minimum atomic E-state index is -4.61. The fourth-order valence-electron chi connectivity index (χ4n) is 3.58. The monoisotopic (exact) mass is 392 g/mol. The van der Waals surface area contributed by atoms with Gasteiger partial charge >= 0.3 is 6.18 Å². The van der Waals surface area contributed by atoms with Gasteiger partial charge in [-0.1, -0.05) is 6.07 Å². The Morgan fingerprint density at radius 2 is 1.89 bits per heavy atom. The Hall–Kier alpha value is -2.54. The number of nitrogens with one attached hydrogen (secondary N) is 1. The molecular weight excluding hydrogens is 369 g/mol. The molecule has 1 aliphatic heterocycles. The lowest BCUT2D eigenvalue weighted by Gasteiger charge is -2.37. The first-order valence-corrected chi connectivity index (χ1v) is 9.03. The molecule has 0 spiro atoms. The number of hydrogen-bond donors (Lipinski definition) is 1. The van der Waals surface area contributed by atoms with E-state index < -0.39 is 17.6 Å². The summed E-state index contributed by atoms with van der Waals surface area (Å²) in [5.74, 6) is -0.915. The second-order valence-corrected chi connectivity index (χ2v) is 7.18. The number of nitrogens with zero attached hydrogens (tertiary/aromatic N) is 1. The molecule has 150 valence electrons. The minimum Gasteiger partial charge on any atom is -0.496 e. The number of fused-ring (bicyclic) bond motifs is 1. The van der Waals surface area contributed by atoms with Crippen molar-refractivity contribution < 1.29 is 22.7 Å². The fraction of sp³-hybridized carbons (Fsp3) is 0.381. The summed E-state index contributed by atoms with van der Waals surface area (Å²) in [5.41, 5.74) is 1.84. The summed E-state index contributed by atoms with van der Waals surface area (Å²) < 4.78 is 44.3. The second-order valence-electron chi connectivity index (χ2n) is 7.18. The Morgan fingerprint density at radius 1 is 1.18 bits per heavy atom. The third kappa shape index (κ3) is 3.85. The van der Waals surface area contributed by atoms with E-state index in [1.165, 1.54) is 11.6 Å². The number of methoxy groups -OCH3 is 1. The van der Waals surface area contributed by atoms with Crippen LogP contribution in [0.15, 0.2) is 36.4 Å². The maximum atomic E-state index is 13.2. The molecule has 0 radical (unpaired) electrons. The summed E-state index contributed by atoms with van der Waals surface area (Å²) >= 11 is 0. The van der Waals surface area contributed by atoms with Gasteiger partial charge in [-0.05, 0) is 68.8 Å². The Morgan fingerprint density at radius 3 is 2.54 bits per heavy atom. The molecule has 0 aliphatic carbocycles. The normalized spacial score (nSPS) is 19.8. The van der Waals surface area contributed by atoms with Gasteiger partial charge in [0, 0.05) is 23.3 Å². The summed E-state index contributed by atoms with van der Waals surface area (Å²) in [6.07, 6.45) is -3.69. The van der Waals surface area contributed by atoms with Crippen molar-refractivity contribution in [3.8, 4) is 5.75 Å². The number of rotatable bonds is 3. The molecule has 0 fully saturated rings. The third-order valence-electron chi connectivity index (χ3n) is 5.44. The van der Waals surface area contributed by atoms with Crippen LogP contribution in [0.2, 0.25) is 0 Å². The molecule has 2 aromatic carbocycles. The number of carbonyl (C=O) groups is 1. The van der Waals surface area contributed by atoms with Crippen LogP contribution in [0.3, 0.4) is 0 Å². The van der Waals surface area contributed by atoms with E-state index in [0.29, 0.717) is 11.7 Å². The van der Waals surface area contributed by atoms with E-state index in [0.717, 1.165) is 31.2 Å². The van der Waals surface area contributed by atoms with Gasteiger partial charge in [-0.2, -0.15) is 13.2 Å². The lowest BCUT2D eigenvalue weighted by atomic mass is 9.89. The van der Waals surface area contributed by atoms with E-state index in [4.69, 9.17) is 4.74 Å². The number of hydrogen-bond acceptors (Lipinski definition) is 3. The van der Waals surface area contributed by atoms with E-state index in [-0.39, 0.29) is 17.4 Å². The summed E-state index contributed by atoms with van der Waals surface area (Å²) in [6, 6.07) is 9.55. The number of ether oxygens (including phenoxy) is 1. The van der Waals surface area contributed by atoms with E-state index in [9.17, 15) is 18.0 Å². The number of halogens is 3. The van der Waals surface area contributed by atoms with Crippen LogP contribution in [0, 0.1) is 0 Å². The lowest BCUT2D eigenvalue weighted by molar-refractivity contribution is -0.138. The highest BCUT2D eigenvalue weighted by atomic mass is 19.4. The average Bonchev–Trinajstić information content (AvgIpc) is 2.65. The van der Waals surface area contributed by atoms with Crippen molar-refractivity contribution in [2.75, 3.05) is 19.5 Å². The van der Waals surface area contributed by atoms with Crippen molar-refractivity contribution >= 4 is 11.6 Å². The van der Waals surface area contributed by atoms with Crippen molar-refractivity contribution in [1.29, 1.82) is 0 Å². The van der Waals surface area contributed by atoms with Gasteiger partial charge in [0.25, 0.3) is 5.91 Å². The van der Waals surface area contributed by atoms with Gasteiger partial charge < -0.3 is 10.1 Å². The van der Waals surface area contributed by atoms with Crippen LogP contribution in [0.4, 0.5) is 18.9 Å². The molecule has 2 atom stereocenters. The molecule has 0 saturated carbocycles. The molecule has 2 aromatic rings. The van der Waals surface area contributed by atoms with E-state index >= 15 is 0 Å². The molecule has 3 rings (SSSR count). The first-order chi connectivity index (χ1) is 13.1. The minimum absolute atomic E-state index is 0.0790. The van der Waals surface area contributed by atoms with Crippen LogP contribution in [0.1, 0.15) is 46.9 Å². The quantitative estimate of drug-likeness (QED) is 0.808. The molecule has 0 bridgehead atoms. The van der Waals surface area contributed by atoms with Gasteiger partial charge in [0.05, 0.1) is 12.7 Å². The van der Waals surface area contributed by atoms with Gasteiger partial charge in [0.1, 0.15) is 5.75 Å². The fourth-order valence-corrected chi connectivity index (χ4v) is 3.58. The standard InChI is InChI=1S/C21H23F3N2O2/c1-12-9-14-5-7-16(11-17(14)13(2)26(12)3)25-20(27)15-6-8-19(28-4)18(10-15)21(22,23)24/h5-8,10-13H,9H2,1-4H3,(H,25,27). The molecule has 2 unspecified atom stereocenters. The Labute approximate surface area is 162 Å². The highest BCUT2D eigenvalue weighted by Crippen LogP contribution is 2.37. The van der Waals surface area contributed by atoms with Crippen LogP contribution >= 0.6 is 0 Å². The molecule has 1 heterocycles. The summed E-state index contributed by atoms with van der Waals surface area (Å²) in [7, 11) is 3.22. The largest absolute Gasteiger partial charge is 0.496 e. The topological polar surface area (TPSA) is 41.6 Å². The van der Waals surface area contributed by atoms with E-state index in [2.05, 4.69) is 31.1 Å². The van der Waals surface area contributed by atoms with Crippen LogP contribution in [-0.2, 0) is 12.6 Å². The molecule has 0 saturated heterocycles. The molecule has 1 aliphatic rings. The highest BCUT2D eigenvalue weighted by molar-refractivity contribution is 6.04. The van der Waals surface area contributed by atoms with Crippen LogP contribution in [0.25, 0.3) is 0 Å². The van der Waals surface area contributed by atoms with Crippen LogP contribution in [0.5, 0.6) is 5.75 Å². The van der Waals surface area contributed by atoms with Crippen molar-refractivity contribution in [2.45, 2.75) is 38.5 Å². The van der Waals surface area contributed by atoms with Crippen molar-refractivity contribution in [3.05, 3.63) is 58.7 Å². The number of alkyl halides is 3. The van der Waals surface area contributed by atoms with E-state index in [1.54, 1.807) is 6.07 Å². The Bertz CT molecular complexity index is 896. The summed E-state index contributed by atoms with van der Waals surface area (Å²) in [6.45, 7) is 4.26. The first kappa shape index (κ1) is 20.2. The number of likely N-dealkylation sites (N-methyl/N-ethyl adjacent to an activating group) is 1. The van der Waals surface area contributed by atoms with E-state index in [1.807, 2.05) is 12.1 Å². The molecular formula is C21H23F3N2O2. The molecule has 28 heavy (non-hydrogen) atoms. The van der Waals surface area contributed by atoms with Crippen LogP contribution in [-0.4, -0.2) is 31.0 Å². The zero-order chi connectivity index (χ0) is 20.6. The van der Waals surface area contributed by atoms with Gasteiger partial charge in [0.2, 0.25) is 0 Å². The maximum Gasteiger partial charge on any atom is 0.419 e. The average molecular weight is 392 g/mol. The van der Waals surface area contributed by atoms with Gasteiger partial charge in [-0.3, -0.25) is 9.69 Å². The molecule has 7 heteroatoms. The first-order valence-electron chi connectivity index (χ1n) is 9.03. The number of anilines is 1. The molecule has 4 nitrogen and oxygen atoms in total. The zero-order valence-corrected chi connectivity index (χ0v) is 16.2. The highest BCUT2D eigenvalue weighted by Gasteiger charge is 2.35. The van der Waals surface area contributed by atoms with Gasteiger partial charge in [-0.15, -0.1) is 0 Å². The van der Waals surface area contributed by atoms with Crippen molar-refractivity contribution in [3.63, 3.8) is 0 Å². The van der Waals surface area contributed by atoms with Gasteiger partial charge in [-0.25, -0.2) is 0 Å². The zero-order valence-electron chi connectivity index (χ0n) is 16.2. The smallest absolute Gasteiger partial charge is 0.419 e. The second kappa shape index (κ2) is 7.47. The Kier molecular flexibility index (Phi) is 5.39. The number of benzene rings is 2. The van der Waals surface area contributed by atoms with Crippen molar-refractivity contribution in [2.24, 2.45) is 0 Å². The molecule has 0 aromatic heterocycles. The maximum absolute atomic E-state index is 13.2. The van der Waals surface area contributed by atoms with Gasteiger partial charge in [0.15, 0.2) is 0 Å². The summed E-state index contributed by atoms with van der Waals surface area (Å²) in [4.78, 5) is 14.8. The SMILES string of the molecule is COc1ccc(C(=O)Nc2ccc3c(c2)C(C)N(C)C(C)C3)cc1C(F)(F)F. The summed E-state index contributed by atoms with van der Waals surface area (Å²) in [5, 5.41) is 2.71. The number of carbonyl (C=O) groups excluding carboxylic acids is 1. The van der Waals surface area contributed by atoms with Crippen LogP contribution < -0.4 is 10.1 Å². The predicted molar refractivity (Wildman–Crippen MR) is 102 cm³/mol. The molecule has 1 N–H and O–H groups in total. The number of amides is 1. The van der Waals surface area contributed by atoms with Crippen molar-refractivity contribution in [1.82, 2.24) is 4.90 Å². The Balaban J connectivity index is 1.86. The molecule has 1 amide bonds. The third-order valence-corrected chi connectivity index (χ3v) is 5.44. The lowest BCUT2D eigenvalue weighted by Crippen LogP contribution is -2.37. The predicted octanol–water partition coefficient (Wildman–Crippen LogP) is 4.90.